The molecule has 3 rings (SSSR count). The Morgan fingerprint density at radius 3 is 2.13 bits per heavy atom. The summed E-state index contributed by atoms with van der Waals surface area (Å²) in [7, 11) is 0. The summed E-state index contributed by atoms with van der Waals surface area (Å²) >= 11 is 0. The van der Waals surface area contributed by atoms with E-state index in [1.165, 1.54) is 29.5 Å². The molecule has 0 unspecified atom stereocenters. The van der Waals surface area contributed by atoms with Crippen molar-refractivity contribution in [3.05, 3.63) is 71.3 Å². The molecule has 0 amide bonds. The fraction of sp³-hybridized carbons (Fsp3) is 0.520. The van der Waals surface area contributed by atoms with Crippen molar-refractivity contribution < 1.29 is 0 Å². The van der Waals surface area contributed by atoms with Gasteiger partial charge in [0.1, 0.15) is 0 Å². The highest BCUT2D eigenvalue weighted by Crippen LogP contribution is 2.09. The molecule has 1 heterocycles. The minimum absolute atomic E-state index is 0.905. The molecule has 0 bridgehead atoms. The zero-order chi connectivity index (χ0) is 20.7. The highest BCUT2D eigenvalue weighted by molar-refractivity contribution is 5.23. The van der Waals surface area contributed by atoms with Crippen molar-refractivity contribution >= 4 is 0 Å². The maximum Gasteiger partial charge on any atom is 0.0234 e. The molecular weight excluding hydrogens is 370 g/mol. The summed E-state index contributed by atoms with van der Waals surface area (Å²) < 4.78 is 0. The van der Waals surface area contributed by atoms with Crippen LogP contribution in [0.15, 0.2) is 54.6 Å². The van der Waals surface area contributed by atoms with Crippen molar-refractivity contribution in [1.29, 1.82) is 0 Å². The number of nitrogens with one attached hydrogen (secondary N) is 4. The summed E-state index contributed by atoms with van der Waals surface area (Å²) in [6.07, 6.45) is 2.39. The lowest BCUT2D eigenvalue weighted by Gasteiger charge is -2.23. The number of hydrogen-bond donors (Lipinski definition) is 4. The highest BCUT2D eigenvalue weighted by Gasteiger charge is 2.07. The third kappa shape index (κ3) is 9.37. The summed E-state index contributed by atoms with van der Waals surface area (Å²) in [6, 6.07) is 19.7. The van der Waals surface area contributed by atoms with Crippen molar-refractivity contribution in [2.75, 3.05) is 52.4 Å². The predicted molar refractivity (Wildman–Crippen MR) is 127 cm³/mol. The minimum atomic E-state index is 0.905. The summed E-state index contributed by atoms with van der Waals surface area (Å²) in [5, 5.41) is 14.2. The van der Waals surface area contributed by atoms with Crippen LogP contribution in [-0.4, -0.2) is 57.3 Å². The van der Waals surface area contributed by atoms with Gasteiger partial charge in [-0.05, 0) is 55.7 Å². The summed E-state index contributed by atoms with van der Waals surface area (Å²) in [5.74, 6) is 0. The van der Waals surface area contributed by atoms with Crippen molar-refractivity contribution in [3.8, 4) is 0 Å². The van der Waals surface area contributed by atoms with Gasteiger partial charge in [-0.2, -0.15) is 0 Å². The normalized spacial score (nSPS) is 18.0. The molecule has 5 nitrogen and oxygen atoms in total. The molecule has 1 aliphatic heterocycles. The van der Waals surface area contributed by atoms with Crippen LogP contribution in [0.25, 0.3) is 0 Å². The lowest BCUT2D eigenvalue weighted by molar-refractivity contribution is 0.260. The van der Waals surface area contributed by atoms with Crippen LogP contribution in [0.1, 0.15) is 29.5 Å². The van der Waals surface area contributed by atoms with E-state index in [1.54, 1.807) is 0 Å². The van der Waals surface area contributed by atoms with Crippen molar-refractivity contribution in [2.45, 2.75) is 32.5 Å². The van der Waals surface area contributed by atoms with E-state index in [1.807, 2.05) is 0 Å². The Bertz CT molecular complexity index is 677. The van der Waals surface area contributed by atoms with Gasteiger partial charge in [0.15, 0.2) is 0 Å². The van der Waals surface area contributed by atoms with E-state index in [2.05, 4.69) is 80.8 Å². The standard InChI is InChI=1S/C25H39N5/c1-2-7-23(8-3-1)20-29-21-24-9-4-10-25(19-24)22-30-17-6-13-27-15-14-26-11-5-12-28-16-18-30/h1-4,7-10,19,26-29H,5-6,11-18,20-22H2. The van der Waals surface area contributed by atoms with Gasteiger partial charge >= 0.3 is 0 Å². The number of benzene rings is 2. The van der Waals surface area contributed by atoms with Crippen molar-refractivity contribution in [1.82, 2.24) is 26.2 Å². The van der Waals surface area contributed by atoms with Crippen LogP contribution in [0, 0.1) is 0 Å². The second-order valence-corrected chi connectivity index (χ2v) is 8.14. The maximum absolute atomic E-state index is 3.60. The first-order chi connectivity index (χ1) is 14.9. The average molecular weight is 410 g/mol. The van der Waals surface area contributed by atoms with Gasteiger partial charge in [0, 0.05) is 45.8 Å². The Morgan fingerprint density at radius 2 is 1.30 bits per heavy atom. The second kappa shape index (κ2) is 14.3. The second-order valence-electron chi connectivity index (χ2n) is 8.14. The van der Waals surface area contributed by atoms with Crippen molar-refractivity contribution in [3.63, 3.8) is 0 Å². The van der Waals surface area contributed by atoms with Gasteiger partial charge in [0.05, 0.1) is 0 Å². The van der Waals surface area contributed by atoms with Gasteiger partial charge in [-0.3, -0.25) is 4.90 Å². The van der Waals surface area contributed by atoms with E-state index >= 15 is 0 Å². The molecule has 30 heavy (non-hydrogen) atoms. The summed E-state index contributed by atoms with van der Waals surface area (Å²) in [4.78, 5) is 2.59. The molecule has 0 aliphatic carbocycles. The quantitative estimate of drug-likeness (QED) is 0.590. The molecule has 4 N–H and O–H groups in total. The monoisotopic (exact) mass is 409 g/mol. The van der Waals surface area contributed by atoms with Gasteiger partial charge in [0.2, 0.25) is 0 Å². The molecule has 0 radical (unpaired) electrons. The summed E-state index contributed by atoms with van der Waals surface area (Å²) in [6.45, 7) is 11.5. The molecule has 2 aromatic carbocycles. The smallest absolute Gasteiger partial charge is 0.0234 e. The molecule has 5 heteroatoms. The van der Waals surface area contributed by atoms with Crippen LogP contribution < -0.4 is 21.3 Å². The molecule has 1 aliphatic rings. The summed E-state index contributed by atoms with van der Waals surface area (Å²) in [5.41, 5.74) is 4.10. The first-order valence-electron chi connectivity index (χ1n) is 11.6. The first-order valence-corrected chi connectivity index (χ1v) is 11.6. The number of nitrogens with zero attached hydrogens (tertiary/aromatic N) is 1. The Kier molecular flexibility index (Phi) is 10.9. The zero-order valence-electron chi connectivity index (χ0n) is 18.3. The first kappa shape index (κ1) is 22.9. The van der Waals surface area contributed by atoms with Gasteiger partial charge in [0.25, 0.3) is 0 Å². The third-order valence-corrected chi connectivity index (χ3v) is 5.52. The predicted octanol–water partition coefficient (Wildman–Crippen LogP) is 2.34. The number of hydrogen-bond acceptors (Lipinski definition) is 5. The van der Waals surface area contributed by atoms with Crippen LogP contribution in [0.2, 0.25) is 0 Å². The molecule has 2 aromatic rings. The van der Waals surface area contributed by atoms with Gasteiger partial charge in [-0.15, -0.1) is 0 Å². The minimum Gasteiger partial charge on any atom is -0.315 e. The van der Waals surface area contributed by atoms with Crippen LogP contribution in [0.5, 0.6) is 0 Å². The van der Waals surface area contributed by atoms with Crippen LogP contribution >= 0.6 is 0 Å². The van der Waals surface area contributed by atoms with Gasteiger partial charge in [-0.1, -0.05) is 54.6 Å². The van der Waals surface area contributed by atoms with Crippen LogP contribution in [0.4, 0.5) is 0 Å². The molecule has 0 aromatic heterocycles. The SMILES string of the molecule is c1ccc(CNCc2cccc(CN3CCCNCCNCCCNCC3)c2)cc1. The molecule has 0 atom stereocenters. The Balaban J connectivity index is 1.47. The Labute approximate surface area is 182 Å². The largest absolute Gasteiger partial charge is 0.315 e. The molecule has 1 fully saturated rings. The lowest BCUT2D eigenvalue weighted by atomic mass is 10.1. The van der Waals surface area contributed by atoms with E-state index in [0.717, 1.165) is 72.0 Å². The Morgan fingerprint density at radius 1 is 0.633 bits per heavy atom. The fourth-order valence-electron chi connectivity index (χ4n) is 3.87. The Hall–Kier alpha value is -1.76. The topological polar surface area (TPSA) is 51.4 Å². The number of rotatable bonds is 6. The molecular formula is C25H39N5. The highest BCUT2D eigenvalue weighted by atomic mass is 15.1. The van der Waals surface area contributed by atoms with Crippen LogP contribution in [0.3, 0.4) is 0 Å². The van der Waals surface area contributed by atoms with Crippen molar-refractivity contribution in [2.24, 2.45) is 0 Å². The molecule has 1 saturated heterocycles. The lowest BCUT2D eigenvalue weighted by Crippen LogP contribution is -2.36. The maximum atomic E-state index is 3.60. The molecule has 0 spiro atoms. The van der Waals surface area contributed by atoms with E-state index in [9.17, 15) is 0 Å². The van der Waals surface area contributed by atoms with Crippen LogP contribution in [-0.2, 0) is 19.6 Å². The van der Waals surface area contributed by atoms with E-state index in [0.29, 0.717) is 0 Å². The van der Waals surface area contributed by atoms with Gasteiger partial charge < -0.3 is 21.3 Å². The third-order valence-electron chi connectivity index (χ3n) is 5.52. The van der Waals surface area contributed by atoms with E-state index < -0.39 is 0 Å². The van der Waals surface area contributed by atoms with E-state index in [4.69, 9.17) is 0 Å². The van der Waals surface area contributed by atoms with E-state index in [-0.39, 0.29) is 0 Å². The zero-order valence-corrected chi connectivity index (χ0v) is 18.3. The average Bonchev–Trinajstić information content (AvgIpc) is 2.77. The molecule has 0 saturated carbocycles. The molecule has 164 valence electrons. The fourth-order valence-corrected chi connectivity index (χ4v) is 3.87. The van der Waals surface area contributed by atoms with Gasteiger partial charge in [-0.25, -0.2) is 0 Å².